The number of benzene rings is 1. The summed E-state index contributed by atoms with van der Waals surface area (Å²) in [6.45, 7) is 0.574. The molecule has 0 aliphatic carbocycles. The van der Waals surface area contributed by atoms with Crippen molar-refractivity contribution in [3.05, 3.63) is 24.2 Å². The lowest BCUT2D eigenvalue weighted by Crippen LogP contribution is -2.04. The first kappa shape index (κ1) is 14.2. The van der Waals surface area contributed by atoms with Crippen LogP contribution in [-0.4, -0.2) is 33.4 Å². The van der Waals surface area contributed by atoms with E-state index in [1.54, 1.807) is 27.5 Å². The van der Waals surface area contributed by atoms with Crippen molar-refractivity contribution >= 4 is 0 Å². The Morgan fingerprint density at radius 1 is 1.10 bits per heavy atom. The van der Waals surface area contributed by atoms with Gasteiger partial charge in [0, 0.05) is 5.56 Å². The number of nitrogens with zero attached hydrogens (tertiary/aromatic N) is 1. The zero-order valence-corrected chi connectivity index (χ0v) is 12.0. The van der Waals surface area contributed by atoms with E-state index in [9.17, 15) is 0 Å². The Balaban J connectivity index is 2.45. The maximum Gasteiger partial charge on any atom is 0.208 e. The van der Waals surface area contributed by atoms with Crippen LogP contribution in [0.1, 0.15) is 5.89 Å². The predicted octanol–water partition coefficient (Wildman–Crippen LogP) is 2.09. The molecule has 6 heteroatoms. The maximum atomic E-state index is 5.66. The van der Waals surface area contributed by atoms with Crippen LogP contribution in [0.25, 0.3) is 11.3 Å². The van der Waals surface area contributed by atoms with Gasteiger partial charge in [0.2, 0.25) is 11.6 Å². The lowest BCUT2D eigenvalue weighted by atomic mass is 10.1. The molecule has 6 nitrogen and oxygen atoms in total. The molecule has 1 N–H and O–H groups in total. The fourth-order valence-corrected chi connectivity index (χ4v) is 1.90. The van der Waals surface area contributed by atoms with Gasteiger partial charge in [0.1, 0.15) is 0 Å². The van der Waals surface area contributed by atoms with Crippen molar-refractivity contribution in [3.63, 3.8) is 0 Å². The van der Waals surface area contributed by atoms with Crippen LogP contribution in [0.4, 0.5) is 0 Å². The first-order valence-corrected chi connectivity index (χ1v) is 6.13. The van der Waals surface area contributed by atoms with Crippen LogP contribution in [0.2, 0.25) is 0 Å². The third-order valence-electron chi connectivity index (χ3n) is 2.83. The van der Waals surface area contributed by atoms with Crippen LogP contribution in [0.3, 0.4) is 0 Å². The van der Waals surface area contributed by atoms with Crippen LogP contribution >= 0.6 is 0 Å². The quantitative estimate of drug-likeness (QED) is 0.872. The Morgan fingerprint density at radius 2 is 1.75 bits per heavy atom. The molecule has 0 unspecified atom stereocenters. The number of ether oxygens (including phenoxy) is 3. The molecule has 0 bridgehead atoms. The molecule has 0 atom stereocenters. The average molecular weight is 278 g/mol. The molecule has 0 spiro atoms. The molecule has 1 aromatic heterocycles. The Bertz CT molecular complexity index is 555. The van der Waals surface area contributed by atoms with Crippen LogP contribution < -0.4 is 19.5 Å². The van der Waals surface area contributed by atoms with E-state index in [-0.39, 0.29) is 0 Å². The van der Waals surface area contributed by atoms with E-state index in [4.69, 9.17) is 18.6 Å². The summed E-state index contributed by atoms with van der Waals surface area (Å²) in [6.07, 6.45) is 1.67. The number of nitrogens with one attached hydrogen (secondary N) is 1. The Morgan fingerprint density at radius 3 is 2.25 bits per heavy atom. The standard InChI is InChI=1S/C14H18N2O4/c1-15-8-13-16-7-12(20-13)9-5-10(17-2)14(19-4)11(6-9)18-3/h5-7,15H,8H2,1-4H3. The minimum Gasteiger partial charge on any atom is -0.493 e. The van der Waals surface area contributed by atoms with Crippen molar-refractivity contribution < 1.29 is 18.6 Å². The smallest absolute Gasteiger partial charge is 0.208 e. The summed E-state index contributed by atoms with van der Waals surface area (Å²) in [4.78, 5) is 4.19. The van der Waals surface area contributed by atoms with Crippen molar-refractivity contribution in [1.29, 1.82) is 0 Å². The molecule has 0 saturated carbocycles. The van der Waals surface area contributed by atoms with Gasteiger partial charge in [-0.1, -0.05) is 0 Å². The second-order valence-corrected chi connectivity index (χ2v) is 4.06. The highest BCUT2D eigenvalue weighted by molar-refractivity contribution is 5.67. The fraction of sp³-hybridized carbons (Fsp3) is 0.357. The molecule has 2 rings (SSSR count). The summed E-state index contributed by atoms with van der Waals surface area (Å²) in [5.41, 5.74) is 0.814. The van der Waals surface area contributed by atoms with Crippen molar-refractivity contribution in [3.8, 4) is 28.6 Å². The number of aromatic nitrogens is 1. The number of hydrogen-bond acceptors (Lipinski definition) is 6. The minimum atomic E-state index is 0.550. The van der Waals surface area contributed by atoms with Gasteiger partial charge in [-0.15, -0.1) is 0 Å². The Labute approximate surface area is 117 Å². The van der Waals surface area contributed by atoms with Gasteiger partial charge in [-0.25, -0.2) is 4.98 Å². The van der Waals surface area contributed by atoms with E-state index in [1.165, 1.54) is 0 Å². The van der Waals surface area contributed by atoms with E-state index in [0.717, 1.165) is 5.56 Å². The predicted molar refractivity (Wildman–Crippen MR) is 74.4 cm³/mol. The zero-order chi connectivity index (χ0) is 14.5. The fourth-order valence-electron chi connectivity index (χ4n) is 1.90. The summed E-state index contributed by atoms with van der Waals surface area (Å²) >= 11 is 0. The molecular formula is C14H18N2O4. The molecule has 0 fully saturated rings. The Kier molecular flexibility index (Phi) is 4.47. The van der Waals surface area contributed by atoms with E-state index < -0.39 is 0 Å². The highest BCUT2D eigenvalue weighted by atomic mass is 16.5. The second-order valence-electron chi connectivity index (χ2n) is 4.06. The largest absolute Gasteiger partial charge is 0.493 e. The molecular weight excluding hydrogens is 260 g/mol. The lowest BCUT2D eigenvalue weighted by Gasteiger charge is -2.13. The topological polar surface area (TPSA) is 65.8 Å². The molecule has 2 aromatic rings. The highest BCUT2D eigenvalue weighted by Crippen LogP contribution is 2.41. The van der Waals surface area contributed by atoms with Gasteiger partial charge in [-0.3, -0.25) is 0 Å². The van der Waals surface area contributed by atoms with E-state index in [1.807, 2.05) is 19.2 Å². The second kappa shape index (κ2) is 6.29. The number of rotatable bonds is 6. The minimum absolute atomic E-state index is 0.550. The van der Waals surface area contributed by atoms with Gasteiger partial charge in [0.15, 0.2) is 17.3 Å². The summed E-state index contributed by atoms with van der Waals surface area (Å²) in [5.74, 6) is 2.97. The van der Waals surface area contributed by atoms with Crippen LogP contribution in [0, 0.1) is 0 Å². The number of oxazole rings is 1. The normalized spacial score (nSPS) is 10.4. The third kappa shape index (κ3) is 2.70. The summed E-state index contributed by atoms with van der Waals surface area (Å²) in [5, 5.41) is 2.99. The monoisotopic (exact) mass is 278 g/mol. The van der Waals surface area contributed by atoms with Crippen molar-refractivity contribution in [2.75, 3.05) is 28.4 Å². The molecule has 20 heavy (non-hydrogen) atoms. The lowest BCUT2D eigenvalue weighted by molar-refractivity contribution is 0.324. The Hall–Kier alpha value is -2.21. The van der Waals surface area contributed by atoms with Crippen LogP contribution in [-0.2, 0) is 6.54 Å². The summed E-state index contributed by atoms with van der Waals surface area (Å²) in [7, 11) is 6.56. The molecule has 0 aliphatic heterocycles. The maximum absolute atomic E-state index is 5.66. The van der Waals surface area contributed by atoms with Gasteiger partial charge >= 0.3 is 0 Å². The SMILES string of the molecule is CNCc1ncc(-c2cc(OC)c(OC)c(OC)c2)o1. The summed E-state index contributed by atoms with van der Waals surface area (Å²) in [6, 6.07) is 3.65. The first-order valence-electron chi connectivity index (χ1n) is 6.13. The van der Waals surface area contributed by atoms with Gasteiger partial charge in [-0.2, -0.15) is 0 Å². The molecule has 1 heterocycles. The summed E-state index contributed by atoms with van der Waals surface area (Å²) < 4.78 is 21.6. The van der Waals surface area contributed by atoms with Crippen molar-refractivity contribution in [1.82, 2.24) is 10.3 Å². The molecule has 0 aliphatic rings. The van der Waals surface area contributed by atoms with Crippen LogP contribution in [0.5, 0.6) is 17.2 Å². The molecule has 0 amide bonds. The van der Waals surface area contributed by atoms with Crippen molar-refractivity contribution in [2.24, 2.45) is 0 Å². The number of methoxy groups -OCH3 is 3. The van der Waals surface area contributed by atoms with Gasteiger partial charge in [-0.05, 0) is 19.2 Å². The first-order chi connectivity index (χ1) is 9.73. The van der Waals surface area contributed by atoms with Crippen molar-refractivity contribution in [2.45, 2.75) is 6.54 Å². The van der Waals surface area contributed by atoms with Gasteiger partial charge in [0.25, 0.3) is 0 Å². The third-order valence-corrected chi connectivity index (χ3v) is 2.83. The van der Waals surface area contributed by atoms with E-state index in [2.05, 4.69) is 10.3 Å². The van der Waals surface area contributed by atoms with Crippen LogP contribution in [0.15, 0.2) is 22.7 Å². The number of hydrogen-bond donors (Lipinski definition) is 1. The average Bonchev–Trinajstić information content (AvgIpc) is 2.94. The molecule has 0 saturated heterocycles. The molecule has 1 aromatic carbocycles. The zero-order valence-electron chi connectivity index (χ0n) is 12.0. The van der Waals surface area contributed by atoms with E-state index in [0.29, 0.717) is 35.4 Å². The molecule has 108 valence electrons. The van der Waals surface area contributed by atoms with Gasteiger partial charge < -0.3 is 23.9 Å². The van der Waals surface area contributed by atoms with Gasteiger partial charge in [0.05, 0.1) is 34.1 Å². The van der Waals surface area contributed by atoms with E-state index >= 15 is 0 Å². The molecule has 0 radical (unpaired) electrons. The highest BCUT2D eigenvalue weighted by Gasteiger charge is 2.16.